The minimum atomic E-state index is 0.783. The first-order valence-corrected chi connectivity index (χ1v) is 6.94. The first kappa shape index (κ1) is 11.3. The van der Waals surface area contributed by atoms with E-state index in [9.17, 15) is 0 Å². The Balaban J connectivity index is 2.06. The molecule has 0 spiro atoms. The molecular formula is C9H7BrIN3S. The van der Waals surface area contributed by atoms with Crippen molar-refractivity contribution in [1.82, 2.24) is 9.97 Å². The van der Waals surface area contributed by atoms with Gasteiger partial charge in [0, 0.05) is 15.5 Å². The number of anilines is 1. The Labute approximate surface area is 114 Å². The van der Waals surface area contributed by atoms with Crippen molar-refractivity contribution in [2.75, 3.05) is 5.32 Å². The summed E-state index contributed by atoms with van der Waals surface area (Å²) in [6.07, 6.45) is 3.34. The lowest BCUT2D eigenvalue weighted by Crippen LogP contribution is -2.02. The normalized spacial score (nSPS) is 10.3. The highest BCUT2D eigenvalue weighted by atomic mass is 127. The van der Waals surface area contributed by atoms with Crippen LogP contribution in [0.3, 0.4) is 0 Å². The molecule has 2 aromatic heterocycles. The standard InChI is InChI=1S/C9H7BrIN3S/c10-6-1-2-15-8(6)4-13-9-7(11)3-12-5-14-9/h1-3,5H,4H2,(H,12,13,14). The van der Waals surface area contributed by atoms with Crippen molar-refractivity contribution >= 4 is 55.7 Å². The van der Waals surface area contributed by atoms with Crippen molar-refractivity contribution in [3.05, 3.63) is 36.9 Å². The molecule has 1 N–H and O–H groups in total. The highest BCUT2D eigenvalue weighted by molar-refractivity contribution is 14.1. The lowest BCUT2D eigenvalue weighted by atomic mass is 10.4. The Morgan fingerprint density at radius 2 is 2.40 bits per heavy atom. The Morgan fingerprint density at radius 1 is 1.53 bits per heavy atom. The number of hydrogen-bond donors (Lipinski definition) is 1. The van der Waals surface area contributed by atoms with Crippen LogP contribution in [0.15, 0.2) is 28.4 Å². The van der Waals surface area contributed by atoms with Crippen LogP contribution in [0.2, 0.25) is 0 Å². The van der Waals surface area contributed by atoms with Gasteiger partial charge < -0.3 is 5.32 Å². The fourth-order valence-electron chi connectivity index (χ4n) is 1.06. The molecule has 0 aliphatic heterocycles. The number of aromatic nitrogens is 2. The van der Waals surface area contributed by atoms with E-state index in [1.54, 1.807) is 23.9 Å². The Hall–Kier alpha value is -0.210. The SMILES string of the molecule is Brc1ccsc1CNc1ncncc1I. The van der Waals surface area contributed by atoms with Crippen LogP contribution in [0.25, 0.3) is 0 Å². The number of nitrogens with one attached hydrogen (secondary N) is 1. The van der Waals surface area contributed by atoms with Crippen LogP contribution >= 0.6 is 49.9 Å². The molecule has 0 aliphatic carbocycles. The molecule has 6 heteroatoms. The number of hydrogen-bond acceptors (Lipinski definition) is 4. The van der Waals surface area contributed by atoms with Gasteiger partial charge in [-0.3, -0.25) is 0 Å². The maximum atomic E-state index is 4.17. The molecule has 0 aliphatic rings. The van der Waals surface area contributed by atoms with Gasteiger partial charge in [0.05, 0.1) is 10.1 Å². The van der Waals surface area contributed by atoms with Crippen molar-refractivity contribution in [2.45, 2.75) is 6.54 Å². The van der Waals surface area contributed by atoms with Gasteiger partial charge in [-0.1, -0.05) is 0 Å². The number of rotatable bonds is 3. The van der Waals surface area contributed by atoms with Gasteiger partial charge in [-0.05, 0) is 50.0 Å². The molecule has 0 atom stereocenters. The van der Waals surface area contributed by atoms with E-state index < -0.39 is 0 Å². The van der Waals surface area contributed by atoms with Crippen molar-refractivity contribution in [1.29, 1.82) is 0 Å². The molecule has 2 rings (SSSR count). The van der Waals surface area contributed by atoms with Gasteiger partial charge >= 0.3 is 0 Å². The summed E-state index contributed by atoms with van der Waals surface area (Å²) in [7, 11) is 0. The molecule has 15 heavy (non-hydrogen) atoms. The monoisotopic (exact) mass is 395 g/mol. The number of halogens is 2. The van der Waals surface area contributed by atoms with Gasteiger partial charge in [0.25, 0.3) is 0 Å². The third-order valence-corrected chi connectivity index (χ3v) is 4.49. The van der Waals surface area contributed by atoms with Crippen molar-refractivity contribution in [3.63, 3.8) is 0 Å². The summed E-state index contributed by atoms with van der Waals surface area (Å²) in [6.45, 7) is 0.783. The molecular weight excluding hydrogens is 389 g/mol. The Bertz CT molecular complexity index is 460. The largest absolute Gasteiger partial charge is 0.364 e. The third-order valence-electron chi connectivity index (χ3n) is 1.78. The van der Waals surface area contributed by atoms with Crippen LogP contribution in [0.1, 0.15) is 4.88 Å². The van der Waals surface area contributed by atoms with Gasteiger partial charge in [0.2, 0.25) is 0 Å². The van der Waals surface area contributed by atoms with Crippen LogP contribution in [0.4, 0.5) is 5.82 Å². The predicted octanol–water partition coefficient (Wildman–Crippen LogP) is 3.52. The quantitative estimate of drug-likeness (QED) is 0.808. The Morgan fingerprint density at radius 3 is 3.07 bits per heavy atom. The molecule has 0 unspecified atom stereocenters. The zero-order chi connectivity index (χ0) is 10.7. The summed E-state index contributed by atoms with van der Waals surface area (Å²) in [4.78, 5) is 9.38. The van der Waals surface area contributed by atoms with Crippen LogP contribution in [0, 0.1) is 3.57 Å². The van der Waals surface area contributed by atoms with E-state index in [0.717, 1.165) is 20.4 Å². The van der Waals surface area contributed by atoms with Crippen LogP contribution in [-0.2, 0) is 6.54 Å². The second-order valence-electron chi connectivity index (χ2n) is 2.76. The third kappa shape index (κ3) is 2.88. The molecule has 2 heterocycles. The van der Waals surface area contributed by atoms with Gasteiger partial charge in [0.15, 0.2) is 0 Å². The van der Waals surface area contributed by atoms with E-state index in [1.165, 1.54) is 4.88 Å². The zero-order valence-electron chi connectivity index (χ0n) is 7.58. The van der Waals surface area contributed by atoms with E-state index in [4.69, 9.17) is 0 Å². The minimum absolute atomic E-state index is 0.783. The van der Waals surface area contributed by atoms with E-state index in [0.29, 0.717) is 0 Å². The molecule has 0 aromatic carbocycles. The fraction of sp³-hybridized carbons (Fsp3) is 0.111. The lowest BCUT2D eigenvalue weighted by Gasteiger charge is -2.05. The van der Waals surface area contributed by atoms with Crippen LogP contribution in [0.5, 0.6) is 0 Å². The summed E-state index contributed by atoms with van der Waals surface area (Å²) >= 11 is 7.43. The average molecular weight is 396 g/mol. The summed E-state index contributed by atoms with van der Waals surface area (Å²) in [5, 5.41) is 5.34. The topological polar surface area (TPSA) is 37.8 Å². The Kier molecular flexibility index (Phi) is 3.92. The maximum Gasteiger partial charge on any atom is 0.143 e. The number of thiophene rings is 1. The van der Waals surface area contributed by atoms with Gasteiger partial charge in [-0.25, -0.2) is 9.97 Å². The molecule has 78 valence electrons. The summed E-state index contributed by atoms with van der Waals surface area (Å²) in [5.41, 5.74) is 0. The molecule has 0 saturated carbocycles. The van der Waals surface area contributed by atoms with Gasteiger partial charge in [0.1, 0.15) is 12.1 Å². The molecule has 0 bridgehead atoms. The summed E-state index contributed by atoms with van der Waals surface area (Å²) in [5.74, 6) is 0.880. The lowest BCUT2D eigenvalue weighted by molar-refractivity contribution is 1.08. The fourth-order valence-corrected chi connectivity index (χ4v) is 2.98. The van der Waals surface area contributed by atoms with E-state index in [1.807, 2.05) is 6.07 Å². The molecule has 0 amide bonds. The average Bonchev–Trinajstić information content (AvgIpc) is 2.63. The second-order valence-corrected chi connectivity index (χ2v) is 5.78. The molecule has 0 fully saturated rings. The first-order valence-electron chi connectivity index (χ1n) is 4.18. The first-order chi connectivity index (χ1) is 7.27. The predicted molar refractivity (Wildman–Crippen MR) is 74.1 cm³/mol. The van der Waals surface area contributed by atoms with Crippen molar-refractivity contribution in [2.24, 2.45) is 0 Å². The van der Waals surface area contributed by atoms with Gasteiger partial charge in [-0.2, -0.15) is 0 Å². The van der Waals surface area contributed by atoms with E-state index >= 15 is 0 Å². The van der Waals surface area contributed by atoms with Gasteiger partial charge in [-0.15, -0.1) is 11.3 Å². The minimum Gasteiger partial charge on any atom is -0.364 e. The molecule has 0 radical (unpaired) electrons. The molecule has 3 nitrogen and oxygen atoms in total. The maximum absolute atomic E-state index is 4.17. The summed E-state index contributed by atoms with van der Waals surface area (Å²) < 4.78 is 2.17. The van der Waals surface area contributed by atoms with Crippen LogP contribution < -0.4 is 5.32 Å². The second kappa shape index (κ2) is 5.22. The number of nitrogens with zero attached hydrogens (tertiary/aromatic N) is 2. The summed E-state index contributed by atoms with van der Waals surface area (Å²) in [6, 6.07) is 2.05. The van der Waals surface area contributed by atoms with Crippen molar-refractivity contribution in [3.8, 4) is 0 Å². The van der Waals surface area contributed by atoms with E-state index in [2.05, 4.69) is 59.2 Å². The zero-order valence-corrected chi connectivity index (χ0v) is 12.1. The smallest absolute Gasteiger partial charge is 0.143 e. The molecule has 2 aromatic rings. The van der Waals surface area contributed by atoms with Crippen molar-refractivity contribution < 1.29 is 0 Å². The highest BCUT2D eigenvalue weighted by Crippen LogP contribution is 2.24. The highest BCUT2D eigenvalue weighted by Gasteiger charge is 2.03. The molecule has 0 saturated heterocycles. The van der Waals surface area contributed by atoms with E-state index in [-0.39, 0.29) is 0 Å². The van der Waals surface area contributed by atoms with Crippen LogP contribution in [-0.4, -0.2) is 9.97 Å².